The lowest BCUT2D eigenvalue weighted by Crippen LogP contribution is -2.34. The summed E-state index contributed by atoms with van der Waals surface area (Å²) in [6.45, 7) is 3.23. The zero-order valence-electron chi connectivity index (χ0n) is 12.4. The minimum absolute atomic E-state index is 0.0318. The smallest absolute Gasteiger partial charge is 0.223 e. The van der Waals surface area contributed by atoms with Crippen molar-refractivity contribution in [3.05, 3.63) is 29.3 Å². The molecule has 5 nitrogen and oxygen atoms in total. The maximum atomic E-state index is 11.5. The van der Waals surface area contributed by atoms with Gasteiger partial charge in [0.2, 0.25) is 5.91 Å². The Morgan fingerprint density at radius 2 is 2.25 bits per heavy atom. The first kappa shape index (κ1) is 16.0. The van der Waals surface area contributed by atoms with E-state index in [0.29, 0.717) is 24.4 Å². The highest BCUT2D eigenvalue weighted by Crippen LogP contribution is 2.19. The number of hydrogen-bond acceptors (Lipinski definition) is 4. The zero-order chi connectivity index (χ0) is 15.1. The van der Waals surface area contributed by atoms with Crippen LogP contribution in [0.5, 0.6) is 5.75 Å². The summed E-state index contributed by atoms with van der Waals surface area (Å²) in [7, 11) is 5.14. The molecule has 0 aromatic heterocycles. The SMILES string of the molecule is CNC(=O)C(C)CN(C)Cc1ccc(OC)c(C#N)c1. The lowest BCUT2D eigenvalue weighted by atomic mass is 10.1. The van der Waals surface area contributed by atoms with Crippen LogP contribution in [-0.4, -0.2) is 38.6 Å². The molecule has 5 heteroatoms. The topological polar surface area (TPSA) is 65.4 Å². The van der Waals surface area contributed by atoms with E-state index in [0.717, 1.165) is 5.56 Å². The summed E-state index contributed by atoms with van der Waals surface area (Å²) >= 11 is 0. The van der Waals surface area contributed by atoms with Crippen LogP contribution < -0.4 is 10.1 Å². The van der Waals surface area contributed by atoms with E-state index in [1.807, 2.05) is 26.1 Å². The van der Waals surface area contributed by atoms with Crippen LogP contribution in [0, 0.1) is 17.2 Å². The predicted octanol–water partition coefficient (Wildman–Crippen LogP) is 1.38. The van der Waals surface area contributed by atoms with E-state index < -0.39 is 0 Å². The summed E-state index contributed by atoms with van der Waals surface area (Å²) in [5, 5.41) is 11.7. The van der Waals surface area contributed by atoms with Gasteiger partial charge in [0.1, 0.15) is 11.8 Å². The fourth-order valence-electron chi connectivity index (χ4n) is 2.11. The van der Waals surface area contributed by atoms with Gasteiger partial charge in [-0.25, -0.2) is 0 Å². The van der Waals surface area contributed by atoms with E-state index in [-0.39, 0.29) is 11.8 Å². The number of carbonyl (C=O) groups excluding carboxylic acids is 1. The summed E-state index contributed by atoms with van der Waals surface area (Å²) in [5.74, 6) is 0.542. The van der Waals surface area contributed by atoms with Crippen molar-refractivity contribution in [1.29, 1.82) is 5.26 Å². The molecule has 0 fully saturated rings. The van der Waals surface area contributed by atoms with Crippen LogP contribution in [0.1, 0.15) is 18.1 Å². The third-order valence-electron chi connectivity index (χ3n) is 3.12. The molecule has 0 aliphatic carbocycles. The quantitative estimate of drug-likeness (QED) is 0.852. The molecule has 1 rings (SSSR count). The Balaban J connectivity index is 2.69. The van der Waals surface area contributed by atoms with Gasteiger partial charge in [0, 0.05) is 26.1 Å². The first-order valence-corrected chi connectivity index (χ1v) is 6.49. The fourth-order valence-corrected chi connectivity index (χ4v) is 2.11. The third kappa shape index (κ3) is 4.25. The van der Waals surface area contributed by atoms with Gasteiger partial charge in [0.05, 0.1) is 12.7 Å². The Labute approximate surface area is 120 Å². The maximum Gasteiger partial charge on any atom is 0.223 e. The number of benzene rings is 1. The summed E-state index contributed by atoms with van der Waals surface area (Å²) < 4.78 is 5.12. The minimum atomic E-state index is -0.0707. The first-order valence-electron chi connectivity index (χ1n) is 6.49. The van der Waals surface area contributed by atoms with Crippen molar-refractivity contribution in [2.75, 3.05) is 27.7 Å². The molecule has 0 bridgehead atoms. The van der Waals surface area contributed by atoms with Crippen LogP contribution in [0.2, 0.25) is 0 Å². The largest absolute Gasteiger partial charge is 0.495 e. The number of hydrogen-bond donors (Lipinski definition) is 1. The molecule has 0 saturated carbocycles. The number of nitriles is 1. The Bertz CT molecular complexity index is 508. The highest BCUT2D eigenvalue weighted by molar-refractivity contribution is 5.78. The molecule has 0 heterocycles. The van der Waals surface area contributed by atoms with Crippen LogP contribution in [0.4, 0.5) is 0 Å². The van der Waals surface area contributed by atoms with Gasteiger partial charge in [-0.2, -0.15) is 5.26 Å². The lowest BCUT2D eigenvalue weighted by Gasteiger charge is -2.20. The van der Waals surface area contributed by atoms with Gasteiger partial charge in [0.15, 0.2) is 0 Å². The molecule has 1 aromatic rings. The number of carbonyl (C=O) groups is 1. The third-order valence-corrected chi connectivity index (χ3v) is 3.12. The molecule has 20 heavy (non-hydrogen) atoms. The molecule has 1 aromatic carbocycles. The lowest BCUT2D eigenvalue weighted by molar-refractivity contribution is -0.124. The van der Waals surface area contributed by atoms with E-state index in [1.165, 1.54) is 0 Å². The molecule has 108 valence electrons. The van der Waals surface area contributed by atoms with E-state index in [9.17, 15) is 4.79 Å². The maximum absolute atomic E-state index is 11.5. The summed E-state index contributed by atoms with van der Waals surface area (Å²) in [6.07, 6.45) is 0. The van der Waals surface area contributed by atoms with E-state index in [2.05, 4.69) is 16.3 Å². The van der Waals surface area contributed by atoms with Crippen LogP contribution in [0.15, 0.2) is 18.2 Å². The molecule has 0 aliphatic heterocycles. The van der Waals surface area contributed by atoms with Crippen LogP contribution >= 0.6 is 0 Å². The summed E-state index contributed by atoms with van der Waals surface area (Å²) in [6, 6.07) is 7.67. The van der Waals surface area contributed by atoms with Crippen molar-refractivity contribution in [3.63, 3.8) is 0 Å². The Morgan fingerprint density at radius 1 is 1.55 bits per heavy atom. The molecule has 0 aliphatic rings. The number of ether oxygens (including phenoxy) is 1. The van der Waals surface area contributed by atoms with Crippen molar-refractivity contribution < 1.29 is 9.53 Å². The van der Waals surface area contributed by atoms with Crippen molar-refractivity contribution in [3.8, 4) is 11.8 Å². The van der Waals surface area contributed by atoms with Gasteiger partial charge >= 0.3 is 0 Å². The number of rotatable bonds is 6. The molecule has 1 atom stereocenters. The number of amides is 1. The molecular weight excluding hydrogens is 254 g/mol. The van der Waals surface area contributed by atoms with E-state index in [4.69, 9.17) is 10.00 Å². The number of nitrogens with zero attached hydrogens (tertiary/aromatic N) is 2. The van der Waals surface area contributed by atoms with Gasteiger partial charge in [-0.3, -0.25) is 4.79 Å². The minimum Gasteiger partial charge on any atom is -0.495 e. The molecule has 1 unspecified atom stereocenters. The zero-order valence-corrected chi connectivity index (χ0v) is 12.4. The van der Waals surface area contributed by atoms with Crippen LogP contribution in [-0.2, 0) is 11.3 Å². The highest BCUT2D eigenvalue weighted by Gasteiger charge is 2.14. The highest BCUT2D eigenvalue weighted by atomic mass is 16.5. The molecule has 0 radical (unpaired) electrons. The number of methoxy groups -OCH3 is 1. The summed E-state index contributed by atoms with van der Waals surface area (Å²) in [5.41, 5.74) is 1.55. The fraction of sp³-hybridized carbons (Fsp3) is 0.467. The van der Waals surface area contributed by atoms with Gasteiger partial charge in [-0.1, -0.05) is 13.0 Å². The Morgan fingerprint density at radius 3 is 2.80 bits per heavy atom. The van der Waals surface area contributed by atoms with Gasteiger partial charge in [-0.15, -0.1) is 0 Å². The summed E-state index contributed by atoms with van der Waals surface area (Å²) in [4.78, 5) is 13.5. The van der Waals surface area contributed by atoms with Crippen molar-refractivity contribution in [2.45, 2.75) is 13.5 Å². The van der Waals surface area contributed by atoms with Crippen molar-refractivity contribution in [2.24, 2.45) is 5.92 Å². The van der Waals surface area contributed by atoms with E-state index in [1.54, 1.807) is 20.2 Å². The van der Waals surface area contributed by atoms with Crippen molar-refractivity contribution in [1.82, 2.24) is 10.2 Å². The average molecular weight is 275 g/mol. The molecular formula is C15H21N3O2. The molecule has 1 amide bonds. The van der Waals surface area contributed by atoms with Crippen LogP contribution in [0.25, 0.3) is 0 Å². The Hall–Kier alpha value is -2.06. The second-order valence-electron chi connectivity index (χ2n) is 4.86. The normalized spacial score (nSPS) is 11.8. The monoisotopic (exact) mass is 275 g/mol. The molecule has 0 saturated heterocycles. The second-order valence-corrected chi connectivity index (χ2v) is 4.86. The molecule has 0 spiro atoms. The predicted molar refractivity (Wildman–Crippen MR) is 77.3 cm³/mol. The Kier molecular flexibility index (Phi) is 6.01. The average Bonchev–Trinajstić information content (AvgIpc) is 2.45. The molecule has 1 N–H and O–H groups in total. The number of nitrogens with one attached hydrogen (secondary N) is 1. The van der Waals surface area contributed by atoms with Gasteiger partial charge in [-0.05, 0) is 24.7 Å². The van der Waals surface area contributed by atoms with E-state index >= 15 is 0 Å². The standard InChI is InChI=1S/C15H21N3O2/c1-11(15(19)17-2)9-18(3)10-12-5-6-14(20-4)13(7-12)8-16/h5-7,11H,9-10H2,1-4H3,(H,17,19). The van der Waals surface area contributed by atoms with Crippen LogP contribution in [0.3, 0.4) is 0 Å². The van der Waals surface area contributed by atoms with Gasteiger partial charge in [0.25, 0.3) is 0 Å². The van der Waals surface area contributed by atoms with Gasteiger partial charge < -0.3 is 15.0 Å². The van der Waals surface area contributed by atoms with Crippen molar-refractivity contribution >= 4 is 5.91 Å². The first-order chi connectivity index (χ1) is 9.51. The second kappa shape index (κ2) is 7.51.